The van der Waals surface area contributed by atoms with Gasteiger partial charge in [0.25, 0.3) is 0 Å². The van der Waals surface area contributed by atoms with Crippen LogP contribution in [0.3, 0.4) is 0 Å². The van der Waals surface area contributed by atoms with E-state index in [2.05, 4.69) is 9.80 Å². The number of hydrogen-bond acceptors (Lipinski definition) is 4. The standard InChI is InChI=1S/C13H22N4O2/c18-12-9-16(10-14-5-1-2-6-14)13(19)17(12)11-15-7-3-4-8-15/h9,18H,1-8,10-11H2. The minimum Gasteiger partial charge on any atom is -0.493 e. The van der Waals surface area contributed by atoms with Crippen LogP contribution in [0.5, 0.6) is 5.88 Å². The Labute approximate surface area is 112 Å². The molecule has 2 fully saturated rings. The van der Waals surface area contributed by atoms with E-state index in [1.807, 2.05) is 0 Å². The van der Waals surface area contributed by atoms with Crippen molar-refractivity contribution in [2.45, 2.75) is 39.0 Å². The highest BCUT2D eigenvalue weighted by molar-refractivity contribution is 5.05. The molecule has 0 aromatic carbocycles. The summed E-state index contributed by atoms with van der Waals surface area (Å²) in [5.41, 5.74) is -0.101. The minimum atomic E-state index is -0.101. The SMILES string of the molecule is O=c1n(CN2CCCC2)cc(O)n1CN1CCCC1. The van der Waals surface area contributed by atoms with E-state index in [0.717, 1.165) is 26.2 Å². The summed E-state index contributed by atoms with van der Waals surface area (Å²) in [6.45, 7) is 5.23. The van der Waals surface area contributed by atoms with Crippen LogP contribution in [0, 0.1) is 0 Å². The van der Waals surface area contributed by atoms with Crippen molar-refractivity contribution in [3.63, 3.8) is 0 Å². The second kappa shape index (κ2) is 5.38. The topological polar surface area (TPSA) is 53.6 Å². The quantitative estimate of drug-likeness (QED) is 0.860. The normalized spacial score (nSPS) is 21.5. The molecule has 1 N–H and O–H groups in total. The lowest BCUT2D eigenvalue weighted by Gasteiger charge is -2.15. The van der Waals surface area contributed by atoms with E-state index >= 15 is 0 Å². The average molecular weight is 266 g/mol. The van der Waals surface area contributed by atoms with Crippen LogP contribution in [0.4, 0.5) is 0 Å². The van der Waals surface area contributed by atoms with E-state index < -0.39 is 0 Å². The molecule has 0 aliphatic carbocycles. The van der Waals surface area contributed by atoms with Crippen LogP contribution in [0.1, 0.15) is 25.7 Å². The van der Waals surface area contributed by atoms with Gasteiger partial charge in [-0.15, -0.1) is 0 Å². The van der Waals surface area contributed by atoms with Crippen molar-refractivity contribution in [1.82, 2.24) is 18.9 Å². The highest BCUT2D eigenvalue weighted by Gasteiger charge is 2.18. The molecule has 2 saturated heterocycles. The smallest absolute Gasteiger partial charge is 0.333 e. The largest absolute Gasteiger partial charge is 0.493 e. The van der Waals surface area contributed by atoms with Crippen molar-refractivity contribution in [2.24, 2.45) is 0 Å². The lowest BCUT2D eigenvalue weighted by molar-refractivity contribution is 0.240. The van der Waals surface area contributed by atoms with Crippen LogP contribution < -0.4 is 5.69 Å². The number of imidazole rings is 1. The molecule has 3 heterocycles. The molecule has 3 rings (SSSR count). The summed E-state index contributed by atoms with van der Waals surface area (Å²) in [5, 5.41) is 9.94. The number of aromatic nitrogens is 2. The first kappa shape index (κ1) is 12.7. The summed E-state index contributed by atoms with van der Waals surface area (Å²) in [4.78, 5) is 16.7. The maximum Gasteiger partial charge on any atom is 0.333 e. The van der Waals surface area contributed by atoms with Crippen molar-refractivity contribution in [3.8, 4) is 5.88 Å². The maximum absolute atomic E-state index is 12.3. The Bertz CT molecular complexity index is 481. The summed E-state index contributed by atoms with van der Waals surface area (Å²) >= 11 is 0. The molecular weight excluding hydrogens is 244 g/mol. The lowest BCUT2D eigenvalue weighted by Crippen LogP contribution is -2.34. The van der Waals surface area contributed by atoms with Crippen molar-refractivity contribution < 1.29 is 5.11 Å². The second-order valence-corrected chi connectivity index (χ2v) is 5.60. The molecule has 1 aromatic rings. The number of likely N-dealkylation sites (tertiary alicyclic amines) is 2. The predicted octanol–water partition coefficient (Wildman–Crippen LogP) is 0.462. The second-order valence-electron chi connectivity index (χ2n) is 5.60. The van der Waals surface area contributed by atoms with Gasteiger partial charge in [-0.3, -0.25) is 14.4 Å². The summed E-state index contributed by atoms with van der Waals surface area (Å²) in [6, 6.07) is 0. The van der Waals surface area contributed by atoms with Crippen LogP contribution in [-0.4, -0.2) is 50.2 Å². The first-order valence-electron chi connectivity index (χ1n) is 7.18. The molecule has 1 aromatic heterocycles. The van der Waals surface area contributed by atoms with Gasteiger partial charge in [-0.1, -0.05) is 0 Å². The fourth-order valence-corrected chi connectivity index (χ4v) is 3.02. The van der Waals surface area contributed by atoms with Crippen LogP contribution in [0.15, 0.2) is 11.0 Å². The molecule has 0 atom stereocenters. The Morgan fingerprint density at radius 1 is 0.947 bits per heavy atom. The molecule has 6 nitrogen and oxygen atoms in total. The minimum absolute atomic E-state index is 0.0797. The Balaban J connectivity index is 1.73. The molecule has 0 bridgehead atoms. The molecule has 0 saturated carbocycles. The van der Waals surface area contributed by atoms with E-state index in [1.165, 1.54) is 30.3 Å². The van der Waals surface area contributed by atoms with E-state index in [0.29, 0.717) is 13.3 Å². The maximum atomic E-state index is 12.3. The molecule has 6 heteroatoms. The van der Waals surface area contributed by atoms with Crippen molar-refractivity contribution in [1.29, 1.82) is 0 Å². The van der Waals surface area contributed by atoms with E-state index in [-0.39, 0.29) is 11.6 Å². The van der Waals surface area contributed by atoms with Crippen molar-refractivity contribution >= 4 is 0 Å². The number of hydrogen-bond donors (Lipinski definition) is 1. The third kappa shape index (κ3) is 2.69. The summed E-state index contributed by atoms with van der Waals surface area (Å²) in [7, 11) is 0. The van der Waals surface area contributed by atoms with Gasteiger partial charge in [-0.25, -0.2) is 9.36 Å². The van der Waals surface area contributed by atoms with Crippen LogP contribution in [-0.2, 0) is 13.3 Å². The summed E-state index contributed by atoms with van der Waals surface area (Å²) < 4.78 is 3.10. The summed E-state index contributed by atoms with van der Waals surface area (Å²) in [6.07, 6.45) is 6.34. The zero-order chi connectivity index (χ0) is 13.2. The molecule has 0 unspecified atom stereocenters. The van der Waals surface area contributed by atoms with E-state index in [1.54, 1.807) is 10.8 Å². The third-order valence-electron chi connectivity index (χ3n) is 4.12. The van der Waals surface area contributed by atoms with Gasteiger partial charge in [0.1, 0.15) is 0 Å². The molecular formula is C13H22N4O2. The summed E-state index contributed by atoms with van der Waals surface area (Å²) in [5.74, 6) is 0.0797. The molecule has 2 aliphatic rings. The number of nitrogens with zero attached hydrogens (tertiary/aromatic N) is 4. The monoisotopic (exact) mass is 266 g/mol. The van der Waals surface area contributed by atoms with E-state index in [4.69, 9.17) is 0 Å². The van der Waals surface area contributed by atoms with Gasteiger partial charge < -0.3 is 5.11 Å². The molecule has 0 radical (unpaired) electrons. The highest BCUT2D eigenvalue weighted by Crippen LogP contribution is 2.13. The zero-order valence-electron chi connectivity index (χ0n) is 11.3. The lowest BCUT2D eigenvalue weighted by atomic mass is 10.4. The zero-order valence-corrected chi connectivity index (χ0v) is 11.3. The van der Waals surface area contributed by atoms with Crippen LogP contribution in [0.25, 0.3) is 0 Å². The van der Waals surface area contributed by atoms with Crippen LogP contribution >= 0.6 is 0 Å². The molecule has 106 valence electrons. The van der Waals surface area contributed by atoms with Gasteiger partial charge in [-0.2, -0.15) is 0 Å². The van der Waals surface area contributed by atoms with Crippen LogP contribution in [0.2, 0.25) is 0 Å². The first-order chi connectivity index (χ1) is 9.24. The Morgan fingerprint density at radius 3 is 2.05 bits per heavy atom. The number of aromatic hydroxyl groups is 1. The fraction of sp³-hybridized carbons (Fsp3) is 0.769. The predicted molar refractivity (Wildman–Crippen MR) is 72.0 cm³/mol. The first-order valence-corrected chi connectivity index (χ1v) is 7.18. The average Bonchev–Trinajstić information content (AvgIpc) is 3.10. The molecule has 2 aliphatic heterocycles. The fourth-order valence-electron chi connectivity index (χ4n) is 3.02. The Kier molecular flexibility index (Phi) is 3.61. The molecule has 0 amide bonds. The van der Waals surface area contributed by atoms with Gasteiger partial charge in [0.05, 0.1) is 19.5 Å². The highest BCUT2D eigenvalue weighted by atomic mass is 16.3. The van der Waals surface area contributed by atoms with Crippen molar-refractivity contribution in [3.05, 3.63) is 16.7 Å². The number of rotatable bonds is 4. The Hall–Kier alpha value is -1.27. The van der Waals surface area contributed by atoms with Gasteiger partial charge in [0.2, 0.25) is 5.88 Å². The van der Waals surface area contributed by atoms with Gasteiger partial charge in [-0.05, 0) is 51.9 Å². The molecule has 19 heavy (non-hydrogen) atoms. The van der Waals surface area contributed by atoms with Gasteiger partial charge in [0.15, 0.2) is 0 Å². The van der Waals surface area contributed by atoms with Gasteiger partial charge >= 0.3 is 5.69 Å². The molecule has 0 spiro atoms. The third-order valence-corrected chi connectivity index (χ3v) is 4.12. The van der Waals surface area contributed by atoms with Gasteiger partial charge in [0, 0.05) is 0 Å². The van der Waals surface area contributed by atoms with Crippen molar-refractivity contribution in [2.75, 3.05) is 26.2 Å². The van der Waals surface area contributed by atoms with E-state index in [9.17, 15) is 9.90 Å². The Morgan fingerprint density at radius 2 is 1.47 bits per heavy atom.